The number of carbonyl (C=O) groups excluding carboxylic acids is 1. The molecule has 0 aromatic carbocycles. The minimum Gasteiger partial charge on any atom is -0.466 e. The first-order chi connectivity index (χ1) is 6.38. The van der Waals surface area contributed by atoms with Crippen molar-refractivity contribution in [3.8, 4) is 0 Å². The van der Waals surface area contributed by atoms with E-state index in [1.165, 1.54) is 0 Å². The molecular formula is C8H14F3NO2. The predicted octanol–water partition coefficient (Wildman–Crippen LogP) is 1.61. The molecule has 0 saturated carbocycles. The van der Waals surface area contributed by atoms with E-state index >= 15 is 0 Å². The van der Waals surface area contributed by atoms with Crippen LogP contribution in [0.4, 0.5) is 13.2 Å². The van der Waals surface area contributed by atoms with Crippen molar-refractivity contribution in [3.05, 3.63) is 0 Å². The molecule has 0 aromatic rings. The van der Waals surface area contributed by atoms with Gasteiger partial charge in [0.2, 0.25) is 0 Å². The first-order valence-corrected chi connectivity index (χ1v) is 4.35. The van der Waals surface area contributed by atoms with E-state index in [4.69, 9.17) is 5.73 Å². The monoisotopic (exact) mass is 213 g/mol. The highest BCUT2D eigenvalue weighted by Gasteiger charge is 2.35. The molecule has 14 heavy (non-hydrogen) atoms. The number of esters is 1. The van der Waals surface area contributed by atoms with Crippen molar-refractivity contribution in [1.82, 2.24) is 0 Å². The van der Waals surface area contributed by atoms with Gasteiger partial charge >= 0.3 is 12.1 Å². The van der Waals surface area contributed by atoms with Gasteiger partial charge < -0.3 is 10.5 Å². The van der Waals surface area contributed by atoms with Crippen LogP contribution >= 0.6 is 0 Å². The molecule has 84 valence electrons. The van der Waals surface area contributed by atoms with E-state index in [1.807, 2.05) is 0 Å². The number of halogens is 3. The van der Waals surface area contributed by atoms with E-state index in [-0.39, 0.29) is 25.9 Å². The van der Waals surface area contributed by atoms with Crippen molar-refractivity contribution in [1.29, 1.82) is 0 Å². The zero-order valence-electron chi connectivity index (χ0n) is 7.93. The van der Waals surface area contributed by atoms with E-state index in [2.05, 4.69) is 4.74 Å². The van der Waals surface area contributed by atoms with Crippen LogP contribution in [0.15, 0.2) is 0 Å². The van der Waals surface area contributed by atoms with Crippen molar-refractivity contribution < 1.29 is 22.7 Å². The van der Waals surface area contributed by atoms with Crippen molar-refractivity contribution in [2.45, 2.75) is 38.4 Å². The van der Waals surface area contributed by atoms with Crippen molar-refractivity contribution in [2.24, 2.45) is 5.73 Å². The van der Waals surface area contributed by atoms with Crippen LogP contribution in [0.2, 0.25) is 0 Å². The van der Waals surface area contributed by atoms with Crippen LogP contribution < -0.4 is 5.73 Å². The zero-order chi connectivity index (χ0) is 11.2. The summed E-state index contributed by atoms with van der Waals surface area (Å²) in [7, 11) is 0. The highest BCUT2D eigenvalue weighted by molar-refractivity contribution is 5.69. The molecule has 0 aliphatic carbocycles. The second kappa shape index (κ2) is 5.85. The summed E-state index contributed by atoms with van der Waals surface area (Å²) in [5.41, 5.74) is 4.83. The maximum absolute atomic E-state index is 11.9. The Labute approximate surface area is 80.4 Å². The number of hydrogen-bond acceptors (Lipinski definition) is 3. The SMILES string of the molecule is CCOC(=O)CCC[C@H](N)C(F)(F)F. The lowest BCUT2D eigenvalue weighted by Gasteiger charge is -2.14. The molecule has 0 aromatic heterocycles. The minimum atomic E-state index is -4.38. The third kappa shape index (κ3) is 5.80. The van der Waals surface area contributed by atoms with Gasteiger partial charge in [-0.3, -0.25) is 4.79 Å². The third-order valence-corrected chi connectivity index (χ3v) is 1.62. The first-order valence-electron chi connectivity index (χ1n) is 4.35. The van der Waals surface area contributed by atoms with Crippen molar-refractivity contribution in [3.63, 3.8) is 0 Å². The number of nitrogens with two attached hydrogens (primary N) is 1. The van der Waals surface area contributed by atoms with E-state index in [9.17, 15) is 18.0 Å². The van der Waals surface area contributed by atoms with E-state index in [0.29, 0.717) is 0 Å². The fourth-order valence-electron chi connectivity index (χ4n) is 0.863. The van der Waals surface area contributed by atoms with Gasteiger partial charge in [-0.15, -0.1) is 0 Å². The molecule has 6 heteroatoms. The molecule has 3 nitrogen and oxygen atoms in total. The number of ether oxygens (including phenoxy) is 1. The Morgan fingerprint density at radius 2 is 2.07 bits per heavy atom. The van der Waals surface area contributed by atoms with Gasteiger partial charge in [-0.2, -0.15) is 13.2 Å². The predicted molar refractivity (Wildman–Crippen MR) is 44.5 cm³/mol. The van der Waals surface area contributed by atoms with E-state index in [0.717, 1.165) is 0 Å². The minimum absolute atomic E-state index is 0.0163. The Balaban J connectivity index is 3.59. The Morgan fingerprint density at radius 1 is 1.50 bits per heavy atom. The van der Waals surface area contributed by atoms with Crippen molar-refractivity contribution >= 4 is 5.97 Å². The van der Waals surface area contributed by atoms with Gasteiger partial charge in [0.1, 0.15) is 6.04 Å². The third-order valence-electron chi connectivity index (χ3n) is 1.62. The number of hydrogen-bond donors (Lipinski definition) is 1. The van der Waals surface area contributed by atoms with Gasteiger partial charge in [-0.1, -0.05) is 0 Å². The second-order valence-electron chi connectivity index (χ2n) is 2.85. The van der Waals surface area contributed by atoms with Crippen LogP contribution in [-0.4, -0.2) is 24.8 Å². The lowest BCUT2D eigenvalue weighted by atomic mass is 10.1. The smallest absolute Gasteiger partial charge is 0.403 e. The summed E-state index contributed by atoms with van der Waals surface area (Å²) in [5.74, 6) is -0.484. The molecule has 0 fully saturated rings. The van der Waals surface area contributed by atoms with Crippen LogP contribution in [0, 0.1) is 0 Å². The highest BCUT2D eigenvalue weighted by Crippen LogP contribution is 2.21. The summed E-state index contributed by atoms with van der Waals surface area (Å²) in [6.45, 7) is 1.88. The summed E-state index contributed by atoms with van der Waals surface area (Å²) in [6, 6.07) is -1.85. The van der Waals surface area contributed by atoms with E-state index in [1.54, 1.807) is 6.92 Å². The molecule has 1 atom stereocenters. The Kier molecular flexibility index (Phi) is 5.52. The fraction of sp³-hybridized carbons (Fsp3) is 0.875. The highest BCUT2D eigenvalue weighted by atomic mass is 19.4. The normalized spacial score (nSPS) is 13.8. The quantitative estimate of drug-likeness (QED) is 0.706. The second-order valence-corrected chi connectivity index (χ2v) is 2.85. The molecule has 0 aliphatic heterocycles. The lowest BCUT2D eigenvalue weighted by Crippen LogP contribution is -2.37. The average molecular weight is 213 g/mol. The van der Waals surface area contributed by atoms with Gasteiger partial charge in [0, 0.05) is 6.42 Å². The molecule has 0 aliphatic rings. The maximum atomic E-state index is 11.9. The largest absolute Gasteiger partial charge is 0.466 e. The van der Waals surface area contributed by atoms with Crippen LogP contribution in [0.5, 0.6) is 0 Å². The molecule has 0 saturated heterocycles. The zero-order valence-corrected chi connectivity index (χ0v) is 7.93. The molecule has 0 unspecified atom stereocenters. The molecule has 0 radical (unpaired) electrons. The number of alkyl halides is 3. The van der Waals surface area contributed by atoms with E-state index < -0.39 is 18.2 Å². The molecular weight excluding hydrogens is 199 g/mol. The molecule has 2 N–H and O–H groups in total. The summed E-state index contributed by atoms with van der Waals surface area (Å²) in [5, 5.41) is 0. The van der Waals surface area contributed by atoms with Gasteiger partial charge in [0.15, 0.2) is 0 Å². The van der Waals surface area contributed by atoms with Crippen LogP contribution in [0.1, 0.15) is 26.2 Å². The van der Waals surface area contributed by atoms with Crippen LogP contribution in [0.3, 0.4) is 0 Å². The van der Waals surface area contributed by atoms with Gasteiger partial charge in [0.25, 0.3) is 0 Å². The molecule has 0 heterocycles. The number of rotatable bonds is 5. The summed E-state index contributed by atoms with van der Waals surface area (Å²) >= 11 is 0. The van der Waals surface area contributed by atoms with Gasteiger partial charge in [0.05, 0.1) is 6.61 Å². The lowest BCUT2D eigenvalue weighted by molar-refractivity contribution is -0.151. The fourth-order valence-corrected chi connectivity index (χ4v) is 0.863. The standard InChI is InChI=1S/C8H14F3NO2/c1-2-14-7(13)5-3-4-6(12)8(9,10)11/h6H,2-5,12H2,1H3/t6-/m0/s1. The molecule has 0 spiro atoms. The van der Waals surface area contributed by atoms with Gasteiger partial charge in [-0.05, 0) is 19.8 Å². The summed E-state index contributed by atoms with van der Waals surface area (Å²) < 4.78 is 40.2. The van der Waals surface area contributed by atoms with Crippen molar-refractivity contribution in [2.75, 3.05) is 6.61 Å². The molecule has 0 amide bonds. The average Bonchev–Trinajstić information content (AvgIpc) is 2.02. The molecule has 0 bridgehead atoms. The Hall–Kier alpha value is -0.780. The topological polar surface area (TPSA) is 52.3 Å². The summed E-state index contributed by atoms with van der Waals surface area (Å²) in [6.07, 6.45) is -4.55. The Morgan fingerprint density at radius 3 is 2.50 bits per heavy atom. The van der Waals surface area contributed by atoms with Crippen LogP contribution in [0.25, 0.3) is 0 Å². The maximum Gasteiger partial charge on any atom is 0.403 e. The Bertz CT molecular complexity index is 182. The van der Waals surface area contributed by atoms with Crippen LogP contribution in [-0.2, 0) is 9.53 Å². The molecule has 0 rings (SSSR count). The summed E-state index contributed by atoms with van der Waals surface area (Å²) in [4.78, 5) is 10.7. The van der Waals surface area contributed by atoms with Gasteiger partial charge in [-0.25, -0.2) is 0 Å². The first kappa shape index (κ1) is 13.2. The number of carbonyl (C=O) groups is 1.